The summed E-state index contributed by atoms with van der Waals surface area (Å²) in [6.07, 6.45) is 0. The van der Waals surface area contributed by atoms with Crippen molar-refractivity contribution in [3.8, 4) is 0 Å². The Kier molecular flexibility index (Phi) is 4.47. The van der Waals surface area contributed by atoms with Crippen LogP contribution in [0.1, 0.15) is 0 Å². The highest BCUT2D eigenvalue weighted by Crippen LogP contribution is 2.35. The lowest BCUT2D eigenvalue weighted by Gasteiger charge is -2.02. The summed E-state index contributed by atoms with van der Waals surface area (Å²) in [5, 5.41) is 42.2. The third-order valence-electron chi connectivity index (χ3n) is 1.94. The van der Waals surface area contributed by atoms with E-state index >= 15 is 0 Å². The first-order chi connectivity index (χ1) is 9.23. The van der Waals surface area contributed by atoms with Crippen molar-refractivity contribution in [2.24, 2.45) is 0 Å². The molecule has 13 heteroatoms. The van der Waals surface area contributed by atoms with E-state index in [9.17, 15) is 40.5 Å². The average molecular weight is 304 g/mol. The molecule has 0 aliphatic rings. The summed E-state index contributed by atoms with van der Waals surface area (Å²) in [4.78, 5) is 37.4. The van der Waals surface area contributed by atoms with Crippen LogP contribution < -0.4 is 0 Å². The van der Waals surface area contributed by atoms with Gasteiger partial charge in [-0.3, -0.25) is 40.5 Å². The molecule has 1 aromatic rings. The van der Waals surface area contributed by atoms with Crippen LogP contribution in [-0.4, -0.2) is 25.2 Å². The van der Waals surface area contributed by atoms with Crippen molar-refractivity contribution in [1.29, 1.82) is 0 Å². The van der Waals surface area contributed by atoms with Gasteiger partial charge in [-0.25, -0.2) is 0 Å². The first kappa shape index (κ1) is 15.2. The first-order valence-electron chi connectivity index (χ1n) is 4.60. The Morgan fingerprint density at radius 3 is 1.85 bits per heavy atom. The number of rotatable bonds is 6. The zero-order valence-corrected chi connectivity index (χ0v) is 10.1. The van der Waals surface area contributed by atoms with Crippen molar-refractivity contribution >= 4 is 23.1 Å². The van der Waals surface area contributed by atoms with Gasteiger partial charge < -0.3 is 0 Å². The molecule has 0 saturated carbocycles. The van der Waals surface area contributed by atoms with E-state index in [1.54, 1.807) is 0 Å². The molecule has 0 spiro atoms. The molecule has 0 saturated heterocycles. The second-order valence-electron chi connectivity index (χ2n) is 3.18. The third-order valence-corrected chi connectivity index (χ3v) is 3.10. The maximum absolute atomic E-state index is 10.7. The van der Waals surface area contributed by atoms with Crippen molar-refractivity contribution in [2.45, 2.75) is 10.4 Å². The molecule has 12 nitrogen and oxygen atoms in total. The van der Waals surface area contributed by atoms with E-state index in [1.165, 1.54) is 0 Å². The standard InChI is InChI=1S/C7H4N4O8S/c12-8(13)4-1-2-6(5(3-4)9(14)15)20-7(10(16)17)11(18)19/h1-3,7H. The fourth-order valence-corrected chi connectivity index (χ4v) is 1.94. The molecule has 0 radical (unpaired) electrons. The SMILES string of the molecule is O=[N+]([O-])c1ccc(SC([N+](=O)[O-])[N+](=O)[O-])c([N+](=O)[O-])c1. The summed E-state index contributed by atoms with van der Waals surface area (Å²) < 4.78 is 0. The molecule has 0 N–H and O–H groups in total. The van der Waals surface area contributed by atoms with Gasteiger partial charge in [0.15, 0.2) is 0 Å². The molecule has 1 rings (SSSR count). The van der Waals surface area contributed by atoms with Gasteiger partial charge >= 0.3 is 5.50 Å². The van der Waals surface area contributed by atoms with Gasteiger partial charge in [0.25, 0.3) is 11.4 Å². The van der Waals surface area contributed by atoms with E-state index in [0.717, 1.165) is 12.1 Å². The van der Waals surface area contributed by atoms with Gasteiger partial charge in [-0.05, 0) is 6.07 Å². The molecular weight excluding hydrogens is 300 g/mol. The largest absolute Gasteiger partial charge is 0.503 e. The molecule has 0 amide bonds. The van der Waals surface area contributed by atoms with Crippen LogP contribution in [0.25, 0.3) is 0 Å². The summed E-state index contributed by atoms with van der Waals surface area (Å²) in [7, 11) is 0. The number of thioether (sulfide) groups is 1. The van der Waals surface area contributed by atoms with E-state index < -0.39 is 41.5 Å². The zero-order valence-electron chi connectivity index (χ0n) is 9.27. The molecule has 0 atom stereocenters. The van der Waals surface area contributed by atoms with E-state index in [4.69, 9.17) is 0 Å². The normalized spacial score (nSPS) is 10.2. The van der Waals surface area contributed by atoms with Gasteiger partial charge in [0.05, 0.1) is 20.8 Å². The molecule has 0 unspecified atom stereocenters. The number of hydrogen-bond acceptors (Lipinski definition) is 9. The lowest BCUT2D eigenvalue weighted by molar-refractivity contribution is -0.710. The minimum Gasteiger partial charge on any atom is -0.258 e. The van der Waals surface area contributed by atoms with Gasteiger partial charge in [0, 0.05) is 17.8 Å². The van der Waals surface area contributed by atoms with Crippen LogP contribution in [0, 0.1) is 40.5 Å². The van der Waals surface area contributed by atoms with E-state index in [-0.39, 0.29) is 11.8 Å². The number of non-ortho nitro benzene ring substituents is 1. The number of benzene rings is 1. The molecule has 1 aromatic carbocycles. The van der Waals surface area contributed by atoms with Gasteiger partial charge in [0.1, 0.15) is 9.85 Å². The second kappa shape index (κ2) is 5.87. The van der Waals surface area contributed by atoms with Crippen LogP contribution >= 0.6 is 11.8 Å². The van der Waals surface area contributed by atoms with E-state index in [2.05, 4.69) is 0 Å². The van der Waals surface area contributed by atoms with Gasteiger partial charge in [0.2, 0.25) is 0 Å². The van der Waals surface area contributed by atoms with Gasteiger partial charge in [-0.1, -0.05) is 0 Å². The Morgan fingerprint density at radius 2 is 1.45 bits per heavy atom. The van der Waals surface area contributed by atoms with Crippen LogP contribution in [-0.2, 0) is 0 Å². The molecule has 0 bridgehead atoms. The van der Waals surface area contributed by atoms with Crippen LogP contribution in [0.3, 0.4) is 0 Å². The van der Waals surface area contributed by atoms with Crippen molar-refractivity contribution in [1.82, 2.24) is 0 Å². The monoisotopic (exact) mass is 304 g/mol. The summed E-state index contributed by atoms with van der Waals surface area (Å²) in [6, 6.07) is 2.31. The Bertz CT molecular complexity index is 590. The lowest BCUT2D eigenvalue weighted by atomic mass is 10.3. The summed E-state index contributed by atoms with van der Waals surface area (Å²) >= 11 is 0.0179. The molecule has 0 fully saturated rings. The van der Waals surface area contributed by atoms with E-state index in [0.29, 0.717) is 6.07 Å². The Morgan fingerprint density at radius 1 is 0.900 bits per heavy atom. The highest BCUT2D eigenvalue weighted by Gasteiger charge is 2.36. The summed E-state index contributed by atoms with van der Waals surface area (Å²) in [6.45, 7) is 0. The molecule has 0 aliphatic carbocycles. The predicted molar refractivity (Wildman–Crippen MR) is 63.4 cm³/mol. The highest BCUT2D eigenvalue weighted by atomic mass is 32.2. The zero-order chi connectivity index (χ0) is 15.4. The Balaban J connectivity index is 3.24. The quantitative estimate of drug-likeness (QED) is 0.326. The van der Waals surface area contributed by atoms with Gasteiger partial charge in [-0.2, -0.15) is 0 Å². The number of nitro groups is 4. The van der Waals surface area contributed by atoms with Crippen molar-refractivity contribution in [3.63, 3.8) is 0 Å². The fraction of sp³-hybridized carbons (Fsp3) is 0.143. The molecular formula is C7H4N4O8S. The van der Waals surface area contributed by atoms with Crippen LogP contribution in [0.15, 0.2) is 23.1 Å². The van der Waals surface area contributed by atoms with Crippen molar-refractivity contribution in [3.05, 3.63) is 58.7 Å². The van der Waals surface area contributed by atoms with Crippen molar-refractivity contribution < 1.29 is 19.7 Å². The Hall–Kier alpha value is -2.83. The minimum absolute atomic E-state index is 0.0179. The number of nitrogens with zero attached hydrogens (tertiary/aromatic N) is 4. The topological polar surface area (TPSA) is 173 Å². The molecule has 0 aromatic heterocycles. The fourth-order valence-electron chi connectivity index (χ4n) is 1.14. The maximum atomic E-state index is 10.7. The molecule has 0 aliphatic heterocycles. The summed E-state index contributed by atoms with van der Waals surface area (Å²) in [5.41, 5.74) is -3.74. The molecule has 20 heavy (non-hydrogen) atoms. The average Bonchev–Trinajstić information content (AvgIpc) is 2.34. The molecule has 0 heterocycles. The minimum atomic E-state index is -2.34. The lowest BCUT2D eigenvalue weighted by Crippen LogP contribution is -2.24. The van der Waals surface area contributed by atoms with Crippen molar-refractivity contribution in [2.75, 3.05) is 0 Å². The smallest absolute Gasteiger partial charge is 0.258 e. The number of nitro benzene ring substituents is 2. The Labute approximate surface area is 113 Å². The molecule has 106 valence electrons. The second-order valence-corrected chi connectivity index (χ2v) is 4.28. The maximum Gasteiger partial charge on any atom is 0.503 e. The first-order valence-corrected chi connectivity index (χ1v) is 5.48. The third kappa shape index (κ3) is 3.35. The predicted octanol–water partition coefficient (Wildman–Crippen LogP) is 1.43. The summed E-state index contributed by atoms with van der Waals surface area (Å²) in [5.74, 6) is 0. The van der Waals surface area contributed by atoms with Crippen LogP contribution in [0.5, 0.6) is 0 Å². The van der Waals surface area contributed by atoms with Gasteiger partial charge in [-0.15, -0.1) is 0 Å². The van der Waals surface area contributed by atoms with Crippen LogP contribution in [0.4, 0.5) is 11.4 Å². The number of hydrogen-bond donors (Lipinski definition) is 0. The van der Waals surface area contributed by atoms with E-state index in [1.807, 2.05) is 0 Å². The van der Waals surface area contributed by atoms with Crippen LogP contribution in [0.2, 0.25) is 0 Å². The highest BCUT2D eigenvalue weighted by molar-refractivity contribution is 7.99.